The summed E-state index contributed by atoms with van der Waals surface area (Å²) in [5, 5.41) is 0.963. The van der Waals surface area contributed by atoms with E-state index < -0.39 is 0 Å². The fourth-order valence-electron chi connectivity index (χ4n) is 3.09. The van der Waals surface area contributed by atoms with E-state index in [1.165, 1.54) is 49.7 Å². The second-order valence-corrected chi connectivity index (χ2v) is 6.30. The maximum atomic E-state index is 3.60. The van der Waals surface area contributed by atoms with Crippen LogP contribution in [-0.2, 0) is 11.8 Å². The third kappa shape index (κ3) is 3.72. The van der Waals surface area contributed by atoms with Crippen molar-refractivity contribution in [3.05, 3.63) is 40.5 Å². The fourth-order valence-corrected chi connectivity index (χ4v) is 3.41. The van der Waals surface area contributed by atoms with Crippen molar-refractivity contribution in [1.29, 1.82) is 0 Å². The Morgan fingerprint density at radius 2 is 2.05 bits per heavy atom. The van der Waals surface area contributed by atoms with E-state index >= 15 is 0 Å². The summed E-state index contributed by atoms with van der Waals surface area (Å²) >= 11 is 3.60. The zero-order chi connectivity index (χ0) is 13.7. The molecule has 0 saturated heterocycles. The molecule has 0 bridgehead atoms. The molecule has 0 saturated carbocycles. The molecule has 1 aliphatic rings. The van der Waals surface area contributed by atoms with Gasteiger partial charge in [0.15, 0.2) is 0 Å². The van der Waals surface area contributed by atoms with Crippen molar-refractivity contribution in [1.82, 2.24) is 0 Å². The predicted octanol–water partition coefficient (Wildman–Crippen LogP) is 6.22. The number of rotatable bonds is 6. The second-order valence-electron chi connectivity index (χ2n) is 5.74. The van der Waals surface area contributed by atoms with Gasteiger partial charge < -0.3 is 0 Å². The lowest BCUT2D eigenvalue weighted by Crippen LogP contribution is -2.06. The Hall–Kier alpha value is -0.560. The highest BCUT2D eigenvalue weighted by Gasteiger charge is 2.17. The standard InChI is InChI=1S/C18H25Br/c1-3-4-5-6-9-16-11-15(13-19)12-17-10-7-8-14(2)18(16)17/h7,10-12,14H,3-6,8-9,13H2,1-2H3. The molecule has 0 nitrogen and oxygen atoms in total. The molecule has 0 radical (unpaired) electrons. The number of unbranched alkanes of at least 4 members (excludes halogenated alkanes) is 3. The lowest BCUT2D eigenvalue weighted by Gasteiger charge is -2.23. The van der Waals surface area contributed by atoms with Crippen LogP contribution < -0.4 is 0 Å². The predicted molar refractivity (Wildman–Crippen MR) is 89.0 cm³/mol. The van der Waals surface area contributed by atoms with Crippen molar-refractivity contribution in [3.8, 4) is 0 Å². The summed E-state index contributed by atoms with van der Waals surface area (Å²) in [5.74, 6) is 0.686. The molecule has 1 aromatic rings. The first-order chi connectivity index (χ1) is 9.26. The molecule has 1 atom stereocenters. The van der Waals surface area contributed by atoms with E-state index in [1.54, 1.807) is 11.1 Å². The quantitative estimate of drug-likeness (QED) is 0.431. The molecule has 1 heteroatoms. The average Bonchev–Trinajstić information content (AvgIpc) is 2.43. The molecule has 0 fully saturated rings. The van der Waals surface area contributed by atoms with E-state index in [1.807, 2.05) is 0 Å². The van der Waals surface area contributed by atoms with Gasteiger partial charge in [0.05, 0.1) is 0 Å². The molecule has 0 aliphatic heterocycles. The highest BCUT2D eigenvalue weighted by atomic mass is 79.9. The largest absolute Gasteiger partial charge is 0.0876 e. The van der Waals surface area contributed by atoms with Crippen molar-refractivity contribution in [2.75, 3.05) is 0 Å². The minimum atomic E-state index is 0.686. The number of fused-ring (bicyclic) bond motifs is 1. The number of halogens is 1. The second kappa shape index (κ2) is 7.28. The van der Waals surface area contributed by atoms with Crippen LogP contribution in [0.3, 0.4) is 0 Å². The monoisotopic (exact) mass is 320 g/mol. The van der Waals surface area contributed by atoms with Gasteiger partial charge in [0.1, 0.15) is 0 Å². The van der Waals surface area contributed by atoms with Crippen LogP contribution in [0.25, 0.3) is 6.08 Å². The Morgan fingerprint density at radius 1 is 1.21 bits per heavy atom. The molecule has 0 amide bonds. The topological polar surface area (TPSA) is 0 Å². The van der Waals surface area contributed by atoms with E-state index in [4.69, 9.17) is 0 Å². The molecule has 0 spiro atoms. The number of hydrogen-bond donors (Lipinski definition) is 0. The molecule has 0 aromatic heterocycles. The Bertz CT molecular complexity index is 445. The molecule has 0 N–H and O–H groups in total. The molecular weight excluding hydrogens is 296 g/mol. The Kier molecular flexibility index (Phi) is 5.69. The van der Waals surface area contributed by atoms with Crippen molar-refractivity contribution in [3.63, 3.8) is 0 Å². The Morgan fingerprint density at radius 3 is 2.79 bits per heavy atom. The maximum Gasteiger partial charge on any atom is 0.0283 e. The van der Waals surface area contributed by atoms with E-state index in [2.05, 4.69) is 54.1 Å². The first-order valence-corrected chi connectivity index (χ1v) is 8.76. The summed E-state index contributed by atoms with van der Waals surface area (Å²) in [6.45, 7) is 4.64. The third-order valence-corrected chi connectivity index (χ3v) is 4.74. The lowest BCUT2D eigenvalue weighted by atomic mass is 9.82. The van der Waals surface area contributed by atoms with Gasteiger partial charge >= 0.3 is 0 Å². The van der Waals surface area contributed by atoms with Crippen LogP contribution in [-0.4, -0.2) is 0 Å². The normalized spacial score (nSPS) is 17.5. The highest BCUT2D eigenvalue weighted by molar-refractivity contribution is 9.08. The van der Waals surface area contributed by atoms with Crippen LogP contribution in [0.4, 0.5) is 0 Å². The number of aryl methyl sites for hydroxylation is 1. The van der Waals surface area contributed by atoms with Gasteiger partial charge in [0.25, 0.3) is 0 Å². The minimum Gasteiger partial charge on any atom is -0.0876 e. The van der Waals surface area contributed by atoms with E-state index in [0.29, 0.717) is 5.92 Å². The number of benzene rings is 1. The lowest BCUT2D eigenvalue weighted by molar-refractivity contribution is 0.658. The molecule has 1 aromatic carbocycles. The Labute approximate surface area is 126 Å². The first kappa shape index (κ1) is 14.8. The summed E-state index contributed by atoms with van der Waals surface area (Å²) in [6, 6.07) is 4.78. The molecule has 104 valence electrons. The van der Waals surface area contributed by atoms with Gasteiger partial charge in [0, 0.05) is 5.33 Å². The van der Waals surface area contributed by atoms with Crippen LogP contribution in [0.2, 0.25) is 0 Å². The number of alkyl halides is 1. The summed E-state index contributed by atoms with van der Waals surface area (Å²) in [5.41, 5.74) is 6.09. The van der Waals surface area contributed by atoms with Crippen molar-refractivity contribution in [2.45, 2.75) is 63.6 Å². The van der Waals surface area contributed by atoms with Gasteiger partial charge in [-0.15, -0.1) is 0 Å². The van der Waals surface area contributed by atoms with E-state index in [-0.39, 0.29) is 0 Å². The maximum absolute atomic E-state index is 3.60. The molecule has 1 aliphatic carbocycles. The van der Waals surface area contributed by atoms with Crippen molar-refractivity contribution in [2.24, 2.45) is 0 Å². The van der Waals surface area contributed by atoms with Gasteiger partial charge in [-0.3, -0.25) is 0 Å². The van der Waals surface area contributed by atoms with Crippen molar-refractivity contribution >= 4 is 22.0 Å². The average molecular weight is 321 g/mol. The van der Waals surface area contributed by atoms with E-state index in [9.17, 15) is 0 Å². The molecule has 2 rings (SSSR count). The zero-order valence-corrected chi connectivity index (χ0v) is 13.8. The molecular formula is C18H25Br. The number of allylic oxidation sites excluding steroid dienone is 1. The molecule has 1 unspecified atom stereocenters. The summed E-state index contributed by atoms with van der Waals surface area (Å²) in [6.07, 6.45) is 12.5. The van der Waals surface area contributed by atoms with E-state index in [0.717, 1.165) is 5.33 Å². The Balaban J connectivity index is 2.22. The van der Waals surface area contributed by atoms with Gasteiger partial charge in [0.2, 0.25) is 0 Å². The van der Waals surface area contributed by atoms with Crippen LogP contribution in [0, 0.1) is 0 Å². The van der Waals surface area contributed by atoms with Crippen LogP contribution in [0.1, 0.15) is 74.1 Å². The third-order valence-electron chi connectivity index (χ3n) is 4.09. The summed E-state index contributed by atoms with van der Waals surface area (Å²) < 4.78 is 0. The SMILES string of the molecule is CCCCCCc1cc(CBr)cc2c1C(C)CC=C2. The van der Waals surface area contributed by atoms with Crippen molar-refractivity contribution < 1.29 is 0 Å². The van der Waals surface area contributed by atoms with Crippen LogP contribution >= 0.6 is 15.9 Å². The van der Waals surface area contributed by atoms with Crippen LogP contribution in [0.15, 0.2) is 18.2 Å². The number of hydrogen-bond acceptors (Lipinski definition) is 0. The summed E-state index contributed by atoms with van der Waals surface area (Å²) in [4.78, 5) is 0. The zero-order valence-electron chi connectivity index (χ0n) is 12.2. The van der Waals surface area contributed by atoms with Gasteiger partial charge in [-0.05, 0) is 47.4 Å². The first-order valence-electron chi connectivity index (χ1n) is 7.64. The van der Waals surface area contributed by atoms with Gasteiger partial charge in [-0.1, -0.05) is 73.3 Å². The minimum absolute atomic E-state index is 0.686. The smallest absolute Gasteiger partial charge is 0.0283 e. The van der Waals surface area contributed by atoms with Gasteiger partial charge in [-0.2, -0.15) is 0 Å². The summed E-state index contributed by atoms with van der Waals surface area (Å²) in [7, 11) is 0. The highest BCUT2D eigenvalue weighted by Crippen LogP contribution is 2.34. The molecule has 0 heterocycles. The van der Waals surface area contributed by atoms with Crippen LogP contribution in [0.5, 0.6) is 0 Å². The fraction of sp³-hybridized carbons (Fsp3) is 0.556. The van der Waals surface area contributed by atoms with Gasteiger partial charge in [-0.25, -0.2) is 0 Å². The molecule has 19 heavy (non-hydrogen) atoms.